The van der Waals surface area contributed by atoms with E-state index in [1.165, 1.54) is 26.2 Å². The summed E-state index contributed by atoms with van der Waals surface area (Å²) in [5, 5.41) is 0.304. The van der Waals surface area contributed by atoms with Crippen LogP contribution in [0.5, 0.6) is 23.0 Å². The number of ether oxygens (including phenoxy) is 4. The largest absolute Gasteiger partial charge is 0.493 e. The molecule has 0 aromatic heterocycles. The fourth-order valence-electron chi connectivity index (χ4n) is 3.09. The van der Waals surface area contributed by atoms with Gasteiger partial charge in [-0.25, -0.2) is 0 Å². The van der Waals surface area contributed by atoms with E-state index in [0.717, 1.165) is 4.47 Å². The quantitative estimate of drug-likeness (QED) is 0.454. The smallest absolute Gasteiger partial charge is 0.316 e. The molecule has 1 amide bonds. The van der Waals surface area contributed by atoms with E-state index in [0.29, 0.717) is 28.0 Å². The van der Waals surface area contributed by atoms with Crippen LogP contribution in [0.25, 0.3) is 0 Å². The lowest BCUT2D eigenvalue weighted by Crippen LogP contribution is -2.27. The van der Waals surface area contributed by atoms with Gasteiger partial charge in [0.05, 0.1) is 38.0 Å². The summed E-state index contributed by atoms with van der Waals surface area (Å²) in [6, 6.07) is 8.28. The molecule has 1 saturated heterocycles. The highest BCUT2D eigenvalue weighted by Gasteiger charge is 2.37. The first-order valence-corrected chi connectivity index (χ1v) is 9.82. The Morgan fingerprint density at radius 1 is 1.07 bits per heavy atom. The van der Waals surface area contributed by atoms with Crippen molar-refractivity contribution in [1.29, 1.82) is 0 Å². The van der Waals surface area contributed by atoms with E-state index in [4.69, 9.17) is 30.5 Å². The monoisotopic (exact) mass is 483 g/mol. The molecule has 0 saturated carbocycles. The highest BCUT2D eigenvalue weighted by Crippen LogP contribution is 2.42. The fourth-order valence-corrected chi connectivity index (χ4v) is 3.80. The zero-order chi connectivity index (χ0) is 21.1. The van der Waals surface area contributed by atoms with Crippen LogP contribution in [0, 0.1) is 5.92 Å². The Morgan fingerprint density at radius 2 is 1.72 bits per heavy atom. The number of benzene rings is 2. The molecule has 1 fully saturated rings. The lowest BCUT2D eigenvalue weighted by Gasteiger charge is -2.20. The molecule has 29 heavy (non-hydrogen) atoms. The molecule has 1 unspecified atom stereocenters. The average Bonchev–Trinajstić information content (AvgIpc) is 3.10. The maximum Gasteiger partial charge on any atom is 0.316 e. The average molecular weight is 485 g/mol. The maximum atomic E-state index is 12.6. The van der Waals surface area contributed by atoms with E-state index in [9.17, 15) is 9.59 Å². The van der Waals surface area contributed by atoms with Gasteiger partial charge in [-0.05, 0) is 18.2 Å². The number of carbonyl (C=O) groups is 2. The number of hydrogen-bond acceptors (Lipinski definition) is 6. The Bertz CT molecular complexity index is 926. The summed E-state index contributed by atoms with van der Waals surface area (Å²) in [4.78, 5) is 26.7. The SMILES string of the molecule is COc1cc(N2CC(C(=O)Oc3ccc(Br)cc3Cl)CC2=O)cc(OC)c1OC. The molecule has 1 atom stereocenters. The zero-order valence-corrected chi connectivity index (χ0v) is 18.4. The topological polar surface area (TPSA) is 74.3 Å². The van der Waals surface area contributed by atoms with Gasteiger partial charge >= 0.3 is 5.97 Å². The van der Waals surface area contributed by atoms with Gasteiger partial charge in [-0.15, -0.1) is 0 Å². The van der Waals surface area contributed by atoms with Crippen molar-refractivity contribution in [1.82, 2.24) is 0 Å². The third kappa shape index (κ3) is 4.43. The van der Waals surface area contributed by atoms with Crippen molar-refractivity contribution in [2.24, 2.45) is 5.92 Å². The van der Waals surface area contributed by atoms with Crippen LogP contribution in [-0.4, -0.2) is 39.8 Å². The van der Waals surface area contributed by atoms with Crippen LogP contribution in [0.15, 0.2) is 34.8 Å². The molecule has 3 rings (SSSR count). The van der Waals surface area contributed by atoms with Gasteiger partial charge in [0.2, 0.25) is 11.7 Å². The van der Waals surface area contributed by atoms with Crippen molar-refractivity contribution in [3.63, 3.8) is 0 Å². The van der Waals surface area contributed by atoms with Crippen LogP contribution >= 0.6 is 27.5 Å². The van der Waals surface area contributed by atoms with Gasteiger partial charge in [0.1, 0.15) is 5.75 Å². The second-order valence-corrected chi connectivity index (χ2v) is 7.61. The third-order valence-corrected chi connectivity index (χ3v) is 5.31. The molecule has 0 bridgehead atoms. The van der Waals surface area contributed by atoms with Gasteiger partial charge in [0.25, 0.3) is 0 Å². The van der Waals surface area contributed by atoms with Gasteiger partial charge in [0.15, 0.2) is 11.5 Å². The lowest BCUT2D eigenvalue weighted by atomic mass is 10.1. The van der Waals surface area contributed by atoms with E-state index >= 15 is 0 Å². The highest BCUT2D eigenvalue weighted by molar-refractivity contribution is 9.10. The molecule has 0 aliphatic carbocycles. The van der Waals surface area contributed by atoms with Gasteiger partial charge < -0.3 is 23.8 Å². The van der Waals surface area contributed by atoms with Crippen LogP contribution in [0.1, 0.15) is 6.42 Å². The summed E-state index contributed by atoms with van der Waals surface area (Å²) >= 11 is 9.40. The number of halogens is 2. The number of carbonyl (C=O) groups excluding carboxylic acids is 2. The maximum absolute atomic E-state index is 12.6. The summed E-state index contributed by atoms with van der Waals surface area (Å²) in [6.07, 6.45) is 0.0314. The number of esters is 1. The summed E-state index contributed by atoms with van der Waals surface area (Å²) in [7, 11) is 4.49. The van der Waals surface area contributed by atoms with E-state index in [1.54, 1.807) is 30.3 Å². The van der Waals surface area contributed by atoms with E-state index in [-0.39, 0.29) is 24.6 Å². The summed E-state index contributed by atoms with van der Waals surface area (Å²) < 4.78 is 22.2. The molecule has 1 aliphatic heterocycles. The van der Waals surface area contributed by atoms with Crippen LogP contribution in [0.3, 0.4) is 0 Å². The molecule has 0 radical (unpaired) electrons. The first kappa shape index (κ1) is 21.3. The first-order chi connectivity index (χ1) is 13.9. The second-order valence-electron chi connectivity index (χ2n) is 6.28. The summed E-state index contributed by atoms with van der Waals surface area (Å²) in [6.45, 7) is 0.171. The Kier molecular flexibility index (Phi) is 6.54. The number of hydrogen-bond donors (Lipinski definition) is 0. The number of nitrogens with zero attached hydrogens (tertiary/aromatic N) is 1. The van der Waals surface area contributed by atoms with E-state index in [1.807, 2.05) is 0 Å². The van der Waals surface area contributed by atoms with Gasteiger partial charge in [-0.3, -0.25) is 9.59 Å². The van der Waals surface area contributed by atoms with Crippen molar-refractivity contribution in [2.75, 3.05) is 32.8 Å². The predicted molar refractivity (Wildman–Crippen MR) is 111 cm³/mol. The van der Waals surface area contributed by atoms with E-state index in [2.05, 4.69) is 15.9 Å². The molecule has 2 aromatic rings. The third-order valence-electron chi connectivity index (χ3n) is 4.52. The molecule has 7 nitrogen and oxygen atoms in total. The normalized spacial score (nSPS) is 16.0. The lowest BCUT2D eigenvalue weighted by molar-refractivity contribution is -0.139. The fraction of sp³-hybridized carbons (Fsp3) is 0.300. The minimum absolute atomic E-state index is 0.0314. The van der Waals surface area contributed by atoms with Gasteiger partial charge in [-0.2, -0.15) is 0 Å². The number of methoxy groups -OCH3 is 3. The Morgan fingerprint density at radius 3 is 2.28 bits per heavy atom. The predicted octanol–water partition coefficient (Wildman–Crippen LogP) is 4.09. The van der Waals surface area contributed by atoms with Crippen LogP contribution in [-0.2, 0) is 9.59 Å². The highest BCUT2D eigenvalue weighted by atomic mass is 79.9. The molecule has 0 spiro atoms. The molecule has 9 heteroatoms. The first-order valence-electron chi connectivity index (χ1n) is 8.65. The summed E-state index contributed by atoms with van der Waals surface area (Å²) in [5.41, 5.74) is 0.543. The number of amides is 1. The van der Waals surface area contributed by atoms with Crippen LogP contribution in [0.4, 0.5) is 5.69 Å². The van der Waals surface area contributed by atoms with Crippen molar-refractivity contribution >= 4 is 45.1 Å². The molecule has 0 N–H and O–H groups in total. The number of anilines is 1. The Hall–Kier alpha value is -2.45. The van der Waals surface area contributed by atoms with Crippen molar-refractivity contribution in [3.8, 4) is 23.0 Å². The molecular weight excluding hydrogens is 466 g/mol. The van der Waals surface area contributed by atoms with Crippen molar-refractivity contribution in [3.05, 3.63) is 39.8 Å². The van der Waals surface area contributed by atoms with Crippen LogP contribution in [0.2, 0.25) is 5.02 Å². The van der Waals surface area contributed by atoms with Crippen molar-refractivity contribution < 1.29 is 28.5 Å². The van der Waals surface area contributed by atoms with E-state index < -0.39 is 11.9 Å². The molecule has 154 valence electrons. The second kappa shape index (κ2) is 8.92. The van der Waals surface area contributed by atoms with Crippen LogP contribution < -0.4 is 23.8 Å². The number of rotatable bonds is 6. The summed E-state index contributed by atoms with van der Waals surface area (Å²) in [5.74, 6) is 0.163. The van der Waals surface area contributed by atoms with Gasteiger partial charge in [-0.1, -0.05) is 27.5 Å². The minimum Gasteiger partial charge on any atom is -0.493 e. The zero-order valence-electron chi connectivity index (χ0n) is 16.0. The minimum atomic E-state index is -0.624. The van der Waals surface area contributed by atoms with Crippen molar-refractivity contribution in [2.45, 2.75) is 6.42 Å². The Balaban J connectivity index is 1.80. The molecule has 1 heterocycles. The molecule has 1 aliphatic rings. The van der Waals surface area contributed by atoms with Gasteiger partial charge in [0, 0.05) is 29.6 Å². The molecule has 2 aromatic carbocycles. The standard InChI is InChI=1S/C20H19BrClNO6/c1-26-16-8-13(9-17(27-2)19(16)28-3)23-10-11(6-18(23)24)20(25)29-15-5-4-12(21)7-14(15)22/h4-5,7-9,11H,6,10H2,1-3H3. The Labute approximate surface area is 181 Å². The molecular formula is C20H19BrClNO6.